The molecule has 0 aliphatic heterocycles. The van der Waals surface area contributed by atoms with Crippen LogP contribution in [0.15, 0.2) is 23.8 Å². The van der Waals surface area contributed by atoms with Gasteiger partial charge in [0.1, 0.15) is 0 Å². The molecule has 0 heterocycles. The molecule has 0 spiro atoms. The second-order valence-corrected chi connectivity index (χ2v) is 1.87. The van der Waals surface area contributed by atoms with E-state index in [-0.39, 0.29) is 0 Å². The highest BCUT2D eigenvalue weighted by Gasteiger charge is 1.99. The van der Waals surface area contributed by atoms with Crippen molar-refractivity contribution >= 4 is 5.97 Å². The van der Waals surface area contributed by atoms with E-state index in [1.165, 1.54) is 0 Å². The zero-order valence-corrected chi connectivity index (χ0v) is 6.29. The van der Waals surface area contributed by atoms with Crippen LogP contribution < -0.4 is 0 Å². The third kappa shape index (κ3) is 3.07. The lowest BCUT2D eigenvalue weighted by molar-refractivity contribution is -0.132. The van der Waals surface area contributed by atoms with Gasteiger partial charge in [0.15, 0.2) is 0 Å². The molecule has 0 aliphatic rings. The molecular weight excluding hydrogens is 128 g/mol. The fourth-order valence-corrected chi connectivity index (χ4v) is 0.626. The van der Waals surface area contributed by atoms with Crippen LogP contribution in [0, 0.1) is 0 Å². The molecule has 0 radical (unpaired) electrons. The van der Waals surface area contributed by atoms with Gasteiger partial charge in [-0.25, -0.2) is 4.79 Å². The summed E-state index contributed by atoms with van der Waals surface area (Å²) in [7, 11) is 0. The summed E-state index contributed by atoms with van der Waals surface area (Å²) in [4.78, 5) is 10.4. The monoisotopic (exact) mass is 140 g/mol. The molecular formula is C8H12O2. The molecule has 0 aromatic rings. The molecule has 0 saturated carbocycles. The predicted octanol–water partition coefficient (Wildman–Crippen LogP) is 1.98. The molecule has 0 saturated heterocycles. The number of hydrogen-bond acceptors (Lipinski definition) is 1. The lowest BCUT2D eigenvalue weighted by atomic mass is 10.2. The minimum atomic E-state index is -0.861. The first-order valence-electron chi connectivity index (χ1n) is 3.28. The first-order valence-corrected chi connectivity index (χ1v) is 3.28. The molecule has 0 unspecified atom stereocenters. The lowest BCUT2D eigenvalue weighted by Gasteiger charge is -1.90. The molecule has 56 valence electrons. The van der Waals surface area contributed by atoms with Crippen molar-refractivity contribution in [3.8, 4) is 0 Å². The minimum Gasteiger partial charge on any atom is -0.478 e. The van der Waals surface area contributed by atoms with Crippen LogP contribution >= 0.6 is 0 Å². The number of hydrogen-bond donors (Lipinski definition) is 1. The smallest absolute Gasteiger partial charge is 0.335 e. The molecule has 0 aromatic heterocycles. The van der Waals surface area contributed by atoms with Crippen LogP contribution in [0.1, 0.15) is 20.3 Å². The van der Waals surface area contributed by atoms with Crippen LogP contribution in [0.5, 0.6) is 0 Å². The quantitative estimate of drug-likeness (QED) is 0.480. The molecule has 2 nitrogen and oxygen atoms in total. The third-order valence-electron chi connectivity index (χ3n) is 1.02. The van der Waals surface area contributed by atoms with E-state index in [4.69, 9.17) is 5.11 Å². The normalized spacial score (nSPS) is 12.4. The van der Waals surface area contributed by atoms with E-state index < -0.39 is 5.97 Å². The first-order chi connectivity index (χ1) is 4.72. The number of carboxylic acids is 1. The second kappa shape index (κ2) is 4.79. The average molecular weight is 140 g/mol. The second-order valence-electron chi connectivity index (χ2n) is 1.87. The highest BCUT2D eigenvalue weighted by Crippen LogP contribution is 1.98. The van der Waals surface area contributed by atoms with Gasteiger partial charge in [-0.05, 0) is 13.3 Å². The van der Waals surface area contributed by atoms with Gasteiger partial charge in [-0.15, -0.1) is 0 Å². The Balaban J connectivity index is 4.26. The van der Waals surface area contributed by atoms with Crippen molar-refractivity contribution in [2.24, 2.45) is 0 Å². The SMILES string of the molecule is C/C=C/C(=C/CC)C(=O)O. The standard InChI is InChI=1S/C8H12O2/c1-3-5-7(6-4-2)8(9)10/h3,5-6H,4H2,1-2H3,(H,9,10)/b5-3+,7-6-. The number of allylic oxidation sites excluding steroid dienone is 2. The molecule has 1 N–H and O–H groups in total. The van der Waals surface area contributed by atoms with Crippen LogP contribution in [-0.4, -0.2) is 11.1 Å². The molecule has 0 atom stereocenters. The van der Waals surface area contributed by atoms with E-state index in [1.807, 2.05) is 6.92 Å². The molecule has 0 bridgehead atoms. The first kappa shape index (κ1) is 8.95. The van der Waals surface area contributed by atoms with E-state index in [0.29, 0.717) is 5.57 Å². The third-order valence-corrected chi connectivity index (χ3v) is 1.02. The molecule has 10 heavy (non-hydrogen) atoms. The fourth-order valence-electron chi connectivity index (χ4n) is 0.626. The Labute approximate surface area is 60.9 Å². The van der Waals surface area contributed by atoms with Crippen molar-refractivity contribution in [2.75, 3.05) is 0 Å². The van der Waals surface area contributed by atoms with Crippen molar-refractivity contribution in [3.63, 3.8) is 0 Å². The zero-order chi connectivity index (χ0) is 7.98. The van der Waals surface area contributed by atoms with Gasteiger partial charge in [0.05, 0.1) is 5.57 Å². The van der Waals surface area contributed by atoms with Crippen molar-refractivity contribution in [2.45, 2.75) is 20.3 Å². The molecule has 0 aliphatic carbocycles. The average Bonchev–Trinajstić information content (AvgIpc) is 1.87. The van der Waals surface area contributed by atoms with Gasteiger partial charge in [-0.3, -0.25) is 0 Å². The maximum atomic E-state index is 10.4. The molecule has 0 fully saturated rings. The zero-order valence-electron chi connectivity index (χ0n) is 6.29. The Hall–Kier alpha value is -1.05. The summed E-state index contributed by atoms with van der Waals surface area (Å²) in [5, 5.41) is 8.52. The Morgan fingerprint density at radius 1 is 1.60 bits per heavy atom. The highest BCUT2D eigenvalue weighted by molar-refractivity contribution is 5.89. The van der Waals surface area contributed by atoms with Gasteiger partial charge in [-0.2, -0.15) is 0 Å². The summed E-state index contributed by atoms with van der Waals surface area (Å²) < 4.78 is 0. The van der Waals surface area contributed by atoms with Gasteiger partial charge in [0, 0.05) is 0 Å². The summed E-state index contributed by atoms with van der Waals surface area (Å²) in [5.41, 5.74) is 0.366. The Morgan fingerprint density at radius 2 is 2.20 bits per heavy atom. The Kier molecular flexibility index (Phi) is 4.29. The molecule has 0 amide bonds. The van der Waals surface area contributed by atoms with E-state index in [2.05, 4.69) is 0 Å². The largest absolute Gasteiger partial charge is 0.478 e. The minimum absolute atomic E-state index is 0.366. The Bertz CT molecular complexity index is 166. The molecule has 0 aromatic carbocycles. The van der Waals surface area contributed by atoms with Crippen LogP contribution in [0.2, 0.25) is 0 Å². The summed E-state index contributed by atoms with van der Waals surface area (Å²) >= 11 is 0. The maximum Gasteiger partial charge on any atom is 0.335 e. The predicted molar refractivity (Wildman–Crippen MR) is 40.8 cm³/mol. The van der Waals surface area contributed by atoms with Gasteiger partial charge < -0.3 is 5.11 Å². The van der Waals surface area contributed by atoms with Crippen LogP contribution in [0.3, 0.4) is 0 Å². The molecule has 2 heteroatoms. The number of aliphatic carboxylic acids is 1. The van der Waals surface area contributed by atoms with E-state index >= 15 is 0 Å². The highest BCUT2D eigenvalue weighted by atomic mass is 16.4. The van der Waals surface area contributed by atoms with Gasteiger partial charge in [0.2, 0.25) is 0 Å². The summed E-state index contributed by atoms with van der Waals surface area (Å²) in [6.45, 7) is 3.71. The topological polar surface area (TPSA) is 37.3 Å². The van der Waals surface area contributed by atoms with Gasteiger partial charge in [-0.1, -0.05) is 25.2 Å². The lowest BCUT2D eigenvalue weighted by Crippen LogP contribution is -1.96. The van der Waals surface area contributed by atoms with Gasteiger partial charge >= 0.3 is 5.97 Å². The number of carboxylic acid groups (broad SMARTS) is 1. The summed E-state index contributed by atoms with van der Waals surface area (Å²) in [6.07, 6.45) is 5.75. The van der Waals surface area contributed by atoms with Crippen LogP contribution in [0.25, 0.3) is 0 Å². The van der Waals surface area contributed by atoms with Gasteiger partial charge in [0.25, 0.3) is 0 Å². The van der Waals surface area contributed by atoms with E-state index in [0.717, 1.165) is 6.42 Å². The van der Waals surface area contributed by atoms with Crippen LogP contribution in [-0.2, 0) is 4.79 Å². The van der Waals surface area contributed by atoms with Crippen LogP contribution in [0.4, 0.5) is 0 Å². The summed E-state index contributed by atoms with van der Waals surface area (Å²) in [6, 6.07) is 0. The summed E-state index contributed by atoms with van der Waals surface area (Å²) in [5.74, 6) is -0.861. The van der Waals surface area contributed by atoms with Crippen molar-refractivity contribution in [1.29, 1.82) is 0 Å². The fraction of sp³-hybridized carbons (Fsp3) is 0.375. The maximum absolute atomic E-state index is 10.4. The number of carbonyl (C=O) groups is 1. The Morgan fingerprint density at radius 3 is 2.50 bits per heavy atom. The van der Waals surface area contributed by atoms with Crippen molar-refractivity contribution < 1.29 is 9.90 Å². The van der Waals surface area contributed by atoms with E-state index in [9.17, 15) is 4.79 Å². The number of rotatable bonds is 3. The van der Waals surface area contributed by atoms with E-state index in [1.54, 1.807) is 25.2 Å². The van der Waals surface area contributed by atoms with Crippen molar-refractivity contribution in [3.05, 3.63) is 23.8 Å². The molecule has 0 rings (SSSR count). The van der Waals surface area contributed by atoms with Crippen molar-refractivity contribution in [1.82, 2.24) is 0 Å².